The molecule has 5 heteroatoms. The lowest BCUT2D eigenvalue weighted by atomic mass is 10.2. The number of fused-ring (bicyclic) bond motifs is 1. The third-order valence-corrected chi connectivity index (χ3v) is 3.15. The topological polar surface area (TPSA) is 37.3 Å². The third-order valence-electron chi connectivity index (χ3n) is 1.84. The molecule has 72 valence electrons. The number of carboxylic acids is 1. The van der Waals surface area contributed by atoms with Crippen LogP contribution >= 0.6 is 22.9 Å². The summed E-state index contributed by atoms with van der Waals surface area (Å²) in [6, 6.07) is 4.20. The van der Waals surface area contributed by atoms with Crippen LogP contribution in [0.5, 0.6) is 0 Å². The molecule has 2 aromatic rings. The molecule has 0 aliphatic heterocycles. The molecule has 0 bridgehead atoms. The van der Waals surface area contributed by atoms with Crippen molar-refractivity contribution in [2.45, 2.75) is 0 Å². The van der Waals surface area contributed by atoms with Gasteiger partial charge in [0.1, 0.15) is 4.34 Å². The van der Waals surface area contributed by atoms with Crippen LogP contribution in [0.25, 0.3) is 10.1 Å². The molecule has 0 atom stereocenters. The summed E-state index contributed by atoms with van der Waals surface area (Å²) < 4.78 is 13.8. The van der Waals surface area contributed by atoms with Crippen molar-refractivity contribution in [1.82, 2.24) is 0 Å². The van der Waals surface area contributed by atoms with Gasteiger partial charge < -0.3 is 5.11 Å². The molecule has 1 aromatic carbocycles. The van der Waals surface area contributed by atoms with Crippen LogP contribution in [0.3, 0.4) is 0 Å². The zero-order valence-electron chi connectivity index (χ0n) is 6.75. The van der Waals surface area contributed by atoms with E-state index in [4.69, 9.17) is 16.7 Å². The molecular formula is C9H4ClFO2S. The molecule has 0 amide bonds. The van der Waals surface area contributed by atoms with Crippen LogP contribution in [-0.4, -0.2) is 11.1 Å². The predicted octanol–water partition coefficient (Wildman–Crippen LogP) is 3.39. The van der Waals surface area contributed by atoms with Crippen molar-refractivity contribution >= 4 is 39.0 Å². The monoisotopic (exact) mass is 230 g/mol. The second-order valence-electron chi connectivity index (χ2n) is 2.71. The lowest BCUT2D eigenvalue weighted by Crippen LogP contribution is -1.94. The standard InChI is InChI=1S/C9H4ClFO2S/c10-8-7(11)5-2-1-4(9(12)13)3-6(5)14-8/h1-3H,(H,12,13). The number of hydrogen-bond donors (Lipinski definition) is 1. The molecule has 0 unspecified atom stereocenters. The molecule has 2 nitrogen and oxygen atoms in total. The summed E-state index contributed by atoms with van der Waals surface area (Å²) in [5.74, 6) is -1.51. The largest absolute Gasteiger partial charge is 0.478 e. The second-order valence-corrected chi connectivity index (χ2v) is 4.36. The first kappa shape index (κ1) is 9.43. The summed E-state index contributed by atoms with van der Waals surface area (Å²) in [6.45, 7) is 0. The summed E-state index contributed by atoms with van der Waals surface area (Å²) in [5.41, 5.74) is 0.135. The minimum absolute atomic E-state index is 0.0579. The molecule has 0 saturated carbocycles. The van der Waals surface area contributed by atoms with E-state index in [1.165, 1.54) is 18.2 Å². The van der Waals surface area contributed by atoms with Crippen molar-refractivity contribution in [2.24, 2.45) is 0 Å². The van der Waals surface area contributed by atoms with Gasteiger partial charge in [0.25, 0.3) is 0 Å². The maximum atomic E-state index is 13.2. The first-order chi connectivity index (χ1) is 6.59. The third kappa shape index (κ3) is 1.36. The van der Waals surface area contributed by atoms with Gasteiger partial charge in [-0.25, -0.2) is 9.18 Å². The number of thiophene rings is 1. The molecule has 0 aliphatic rings. The lowest BCUT2D eigenvalue weighted by molar-refractivity contribution is 0.0697. The number of rotatable bonds is 1. The maximum absolute atomic E-state index is 13.2. The van der Waals surface area contributed by atoms with E-state index in [1.54, 1.807) is 0 Å². The molecular weight excluding hydrogens is 227 g/mol. The van der Waals surface area contributed by atoms with Crippen molar-refractivity contribution < 1.29 is 14.3 Å². The highest BCUT2D eigenvalue weighted by molar-refractivity contribution is 7.22. The Kier molecular flexibility index (Phi) is 2.17. The van der Waals surface area contributed by atoms with Gasteiger partial charge in [0, 0.05) is 10.1 Å². The fourth-order valence-corrected chi connectivity index (χ4v) is 2.37. The number of benzene rings is 1. The van der Waals surface area contributed by atoms with Crippen LogP contribution < -0.4 is 0 Å². The second kappa shape index (κ2) is 3.22. The van der Waals surface area contributed by atoms with E-state index in [9.17, 15) is 9.18 Å². The van der Waals surface area contributed by atoms with Crippen molar-refractivity contribution in [1.29, 1.82) is 0 Å². The van der Waals surface area contributed by atoms with Crippen LogP contribution in [0.1, 0.15) is 10.4 Å². The number of carbonyl (C=O) groups is 1. The van der Waals surface area contributed by atoms with Crippen LogP contribution in [0.15, 0.2) is 18.2 Å². The Hall–Kier alpha value is -1.13. The minimum Gasteiger partial charge on any atom is -0.478 e. The van der Waals surface area contributed by atoms with Gasteiger partial charge in [-0.3, -0.25) is 0 Å². The van der Waals surface area contributed by atoms with Crippen molar-refractivity contribution in [3.05, 3.63) is 33.9 Å². The molecule has 0 saturated heterocycles. The van der Waals surface area contributed by atoms with E-state index in [-0.39, 0.29) is 9.90 Å². The van der Waals surface area contributed by atoms with E-state index in [2.05, 4.69) is 0 Å². The van der Waals surface area contributed by atoms with Gasteiger partial charge in [-0.2, -0.15) is 0 Å². The quantitative estimate of drug-likeness (QED) is 0.815. The molecule has 1 aromatic heterocycles. The average molecular weight is 231 g/mol. The Balaban J connectivity index is 2.73. The predicted molar refractivity (Wildman–Crippen MR) is 53.8 cm³/mol. The molecule has 0 radical (unpaired) electrons. The SMILES string of the molecule is O=C(O)c1ccc2c(F)c(Cl)sc2c1. The van der Waals surface area contributed by atoms with E-state index < -0.39 is 11.8 Å². The summed E-state index contributed by atoms with van der Waals surface area (Å²) in [6.07, 6.45) is 0. The molecule has 1 heterocycles. The summed E-state index contributed by atoms with van der Waals surface area (Å²) >= 11 is 6.62. The fraction of sp³-hybridized carbons (Fsp3) is 0. The Labute approximate surface area is 87.5 Å². The summed E-state index contributed by atoms with van der Waals surface area (Å²) in [5, 5.41) is 9.06. The average Bonchev–Trinajstić information content (AvgIpc) is 2.42. The van der Waals surface area contributed by atoms with Crippen LogP contribution in [0, 0.1) is 5.82 Å². The summed E-state index contributed by atoms with van der Waals surface area (Å²) in [7, 11) is 0. The molecule has 1 N–H and O–H groups in total. The number of aromatic carboxylic acids is 1. The first-order valence-electron chi connectivity index (χ1n) is 3.70. The highest BCUT2D eigenvalue weighted by Crippen LogP contribution is 2.33. The molecule has 0 fully saturated rings. The van der Waals surface area contributed by atoms with Crippen molar-refractivity contribution in [3.63, 3.8) is 0 Å². The Morgan fingerprint density at radius 2 is 2.21 bits per heavy atom. The van der Waals surface area contributed by atoms with Gasteiger partial charge in [0.2, 0.25) is 0 Å². The van der Waals surface area contributed by atoms with Gasteiger partial charge in [-0.15, -0.1) is 11.3 Å². The molecule has 2 rings (SSSR count). The normalized spacial score (nSPS) is 10.7. The fourth-order valence-electron chi connectivity index (χ4n) is 1.17. The Morgan fingerprint density at radius 3 is 2.86 bits per heavy atom. The van der Waals surface area contributed by atoms with Gasteiger partial charge >= 0.3 is 5.97 Å². The van der Waals surface area contributed by atoms with E-state index in [0.29, 0.717) is 10.1 Å². The highest BCUT2D eigenvalue weighted by atomic mass is 35.5. The van der Waals surface area contributed by atoms with Gasteiger partial charge in [0.15, 0.2) is 5.82 Å². The molecule has 0 spiro atoms. The molecule has 0 aliphatic carbocycles. The highest BCUT2D eigenvalue weighted by Gasteiger charge is 2.12. The van der Waals surface area contributed by atoms with Crippen LogP contribution in [0.4, 0.5) is 4.39 Å². The van der Waals surface area contributed by atoms with Crippen LogP contribution in [0.2, 0.25) is 4.34 Å². The van der Waals surface area contributed by atoms with E-state index in [1.807, 2.05) is 0 Å². The number of hydrogen-bond acceptors (Lipinski definition) is 2. The zero-order chi connectivity index (χ0) is 10.3. The smallest absolute Gasteiger partial charge is 0.335 e. The Morgan fingerprint density at radius 1 is 1.50 bits per heavy atom. The lowest BCUT2D eigenvalue weighted by Gasteiger charge is -1.93. The van der Waals surface area contributed by atoms with Crippen LogP contribution in [-0.2, 0) is 0 Å². The minimum atomic E-state index is -1.03. The van der Waals surface area contributed by atoms with Crippen molar-refractivity contribution in [3.8, 4) is 0 Å². The summed E-state index contributed by atoms with van der Waals surface area (Å²) in [4.78, 5) is 10.6. The van der Waals surface area contributed by atoms with Gasteiger partial charge in [-0.1, -0.05) is 11.6 Å². The number of carboxylic acid groups (broad SMARTS) is 1. The van der Waals surface area contributed by atoms with E-state index >= 15 is 0 Å². The van der Waals surface area contributed by atoms with Gasteiger partial charge in [-0.05, 0) is 18.2 Å². The maximum Gasteiger partial charge on any atom is 0.335 e. The van der Waals surface area contributed by atoms with Crippen molar-refractivity contribution in [2.75, 3.05) is 0 Å². The van der Waals surface area contributed by atoms with E-state index in [0.717, 1.165) is 11.3 Å². The first-order valence-corrected chi connectivity index (χ1v) is 4.90. The van der Waals surface area contributed by atoms with Gasteiger partial charge in [0.05, 0.1) is 5.56 Å². The molecule has 14 heavy (non-hydrogen) atoms. The zero-order valence-corrected chi connectivity index (χ0v) is 8.32. The Bertz CT molecular complexity index is 521. The number of halogens is 2.